The van der Waals surface area contributed by atoms with Crippen molar-refractivity contribution in [2.75, 3.05) is 0 Å². The summed E-state index contributed by atoms with van der Waals surface area (Å²) in [7, 11) is 0. The van der Waals surface area contributed by atoms with Gasteiger partial charge in [-0.25, -0.2) is 14.3 Å². The Bertz CT molecular complexity index is 1310. The van der Waals surface area contributed by atoms with Gasteiger partial charge in [-0.3, -0.25) is 4.57 Å². The fraction of sp³-hybridized carbons (Fsp3) is 0.300. The zero-order valence-electron chi connectivity index (χ0n) is 21.8. The molecule has 0 aliphatic carbocycles. The molecule has 1 aromatic heterocycles. The lowest BCUT2D eigenvalue weighted by Gasteiger charge is -2.21. The van der Waals surface area contributed by atoms with Crippen LogP contribution in [0.2, 0.25) is 0 Å². The molecule has 0 saturated carbocycles. The van der Waals surface area contributed by atoms with Crippen LogP contribution >= 0.6 is 0 Å². The molecule has 0 unspecified atom stereocenters. The molecule has 7 nitrogen and oxygen atoms in total. The van der Waals surface area contributed by atoms with E-state index in [2.05, 4.69) is 11.7 Å². The summed E-state index contributed by atoms with van der Waals surface area (Å²) in [4.78, 5) is 24.6. The van der Waals surface area contributed by atoms with Crippen LogP contribution in [-0.2, 0) is 30.7 Å². The van der Waals surface area contributed by atoms with E-state index in [9.17, 15) is 14.7 Å². The highest BCUT2D eigenvalue weighted by Crippen LogP contribution is 2.20. The number of ether oxygens (including phenoxy) is 1. The first-order valence-electron chi connectivity index (χ1n) is 12.4. The number of benzene rings is 2. The van der Waals surface area contributed by atoms with Crippen molar-refractivity contribution in [2.45, 2.75) is 58.7 Å². The average Bonchev–Trinajstić information content (AvgIpc) is 3.16. The van der Waals surface area contributed by atoms with Gasteiger partial charge in [0.1, 0.15) is 11.6 Å². The van der Waals surface area contributed by atoms with Gasteiger partial charge in [-0.2, -0.15) is 5.10 Å². The number of aryl methyl sites for hydroxylation is 2. The van der Waals surface area contributed by atoms with Crippen LogP contribution in [0.1, 0.15) is 44.1 Å². The number of hydrogen-bond donors (Lipinski definition) is 1. The maximum Gasteiger partial charge on any atom is 0.347 e. The zero-order valence-corrected chi connectivity index (χ0v) is 21.8. The van der Waals surface area contributed by atoms with Crippen LogP contribution in [0.3, 0.4) is 0 Å². The second kappa shape index (κ2) is 12.7. The molecule has 3 aromatic rings. The summed E-state index contributed by atoms with van der Waals surface area (Å²) in [5, 5.41) is 13.9. The van der Waals surface area contributed by atoms with Gasteiger partial charge in [-0.05, 0) is 62.4 Å². The van der Waals surface area contributed by atoms with Crippen LogP contribution in [0.4, 0.5) is 0 Å². The van der Waals surface area contributed by atoms with Gasteiger partial charge in [0.2, 0.25) is 0 Å². The highest BCUT2D eigenvalue weighted by atomic mass is 16.5. The van der Waals surface area contributed by atoms with E-state index in [4.69, 9.17) is 4.74 Å². The van der Waals surface area contributed by atoms with Crippen LogP contribution in [0.15, 0.2) is 95.8 Å². The van der Waals surface area contributed by atoms with Gasteiger partial charge >= 0.3 is 11.7 Å². The van der Waals surface area contributed by atoms with E-state index in [0.717, 1.165) is 35.4 Å². The Kier molecular flexibility index (Phi) is 9.44. The molecule has 0 saturated heterocycles. The second-order valence-electron chi connectivity index (χ2n) is 9.31. The van der Waals surface area contributed by atoms with E-state index in [0.29, 0.717) is 25.3 Å². The van der Waals surface area contributed by atoms with Crippen molar-refractivity contribution in [3.63, 3.8) is 0 Å². The third-order valence-corrected chi connectivity index (χ3v) is 5.96. The molecule has 0 aliphatic heterocycles. The third-order valence-electron chi connectivity index (χ3n) is 5.96. The van der Waals surface area contributed by atoms with Crippen LogP contribution in [-0.4, -0.2) is 31.0 Å². The predicted molar refractivity (Wildman–Crippen MR) is 146 cm³/mol. The van der Waals surface area contributed by atoms with Crippen molar-refractivity contribution in [1.82, 2.24) is 14.3 Å². The molecule has 0 spiro atoms. The summed E-state index contributed by atoms with van der Waals surface area (Å²) in [5.41, 5.74) is 1.60. The Morgan fingerprint density at radius 1 is 1.08 bits per heavy atom. The minimum atomic E-state index is -1.30. The first-order chi connectivity index (χ1) is 17.7. The minimum absolute atomic E-state index is 0.144. The quantitative estimate of drug-likeness (QED) is 0.326. The number of carbonyl (C=O) groups is 1. The number of carboxylic acid groups (broad SMARTS) is 1. The molecular weight excluding hydrogens is 466 g/mol. The number of hydrogen-bond acceptors (Lipinski definition) is 4. The van der Waals surface area contributed by atoms with Gasteiger partial charge in [0.15, 0.2) is 5.60 Å². The Balaban J connectivity index is 1.75. The van der Waals surface area contributed by atoms with Crippen molar-refractivity contribution in [2.24, 2.45) is 0 Å². The standard InChI is InChI=1S/C30H35N3O4/c1-5-7-12-23(6-2)21-32-27(31-33(29(32)36)22-25-13-9-8-10-14-25)16-11-15-24-17-19-26(20-18-24)37-30(3,4)28(34)35/h5-10,12-14,17-20H,2,11,15-16,21-22H2,1,3-4H3,(H,34,35)/b7-5-,23-12+. The number of carboxylic acids is 1. The minimum Gasteiger partial charge on any atom is -0.478 e. The molecule has 2 aromatic carbocycles. The molecule has 37 heavy (non-hydrogen) atoms. The molecule has 0 radical (unpaired) electrons. The number of allylic oxidation sites excluding steroid dienone is 5. The van der Waals surface area contributed by atoms with Gasteiger partial charge in [0.05, 0.1) is 13.1 Å². The van der Waals surface area contributed by atoms with Gasteiger partial charge in [0.25, 0.3) is 0 Å². The fourth-order valence-electron chi connectivity index (χ4n) is 3.79. The van der Waals surface area contributed by atoms with Crippen molar-refractivity contribution >= 4 is 5.97 Å². The van der Waals surface area contributed by atoms with E-state index >= 15 is 0 Å². The van der Waals surface area contributed by atoms with Gasteiger partial charge in [-0.1, -0.05) is 73.3 Å². The monoisotopic (exact) mass is 501 g/mol. The summed E-state index contributed by atoms with van der Waals surface area (Å²) < 4.78 is 8.83. The Morgan fingerprint density at radius 3 is 2.41 bits per heavy atom. The van der Waals surface area contributed by atoms with Crippen molar-refractivity contribution in [3.8, 4) is 5.75 Å². The highest BCUT2D eigenvalue weighted by molar-refractivity contribution is 5.76. The number of nitrogens with zero attached hydrogens (tertiary/aromatic N) is 3. The summed E-state index contributed by atoms with van der Waals surface area (Å²) in [6.07, 6.45) is 9.80. The SMILES string of the molecule is C=C/C(=C\C=C/C)Cn1c(CCCc2ccc(OC(C)(C)C(=O)O)cc2)nn(Cc2ccccc2)c1=O. The molecule has 3 rings (SSSR count). The lowest BCUT2D eigenvalue weighted by molar-refractivity contribution is -0.152. The molecule has 7 heteroatoms. The zero-order chi connectivity index (χ0) is 26.8. The van der Waals surface area contributed by atoms with E-state index < -0.39 is 11.6 Å². The van der Waals surface area contributed by atoms with E-state index in [-0.39, 0.29) is 5.69 Å². The van der Waals surface area contributed by atoms with E-state index in [1.165, 1.54) is 18.5 Å². The molecule has 1 heterocycles. The molecule has 194 valence electrons. The lowest BCUT2D eigenvalue weighted by Crippen LogP contribution is -2.37. The third kappa shape index (κ3) is 7.67. The first kappa shape index (κ1) is 27.5. The van der Waals surface area contributed by atoms with E-state index in [1.54, 1.807) is 22.8 Å². The van der Waals surface area contributed by atoms with Gasteiger partial charge in [-0.15, -0.1) is 0 Å². The maximum atomic E-state index is 13.3. The summed E-state index contributed by atoms with van der Waals surface area (Å²) in [6.45, 7) is 9.70. The van der Waals surface area contributed by atoms with Crippen LogP contribution < -0.4 is 10.4 Å². The first-order valence-corrected chi connectivity index (χ1v) is 12.4. The predicted octanol–water partition coefficient (Wildman–Crippen LogP) is 5.20. The van der Waals surface area contributed by atoms with Crippen LogP contribution in [0.5, 0.6) is 5.75 Å². The van der Waals surface area contributed by atoms with Crippen LogP contribution in [0.25, 0.3) is 0 Å². The van der Waals surface area contributed by atoms with Crippen molar-refractivity contribution in [1.29, 1.82) is 0 Å². The smallest absolute Gasteiger partial charge is 0.347 e. The topological polar surface area (TPSA) is 86.3 Å². The van der Waals surface area contributed by atoms with Gasteiger partial charge < -0.3 is 9.84 Å². The highest BCUT2D eigenvalue weighted by Gasteiger charge is 2.29. The average molecular weight is 502 g/mol. The largest absolute Gasteiger partial charge is 0.478 e. The second-order valence-corrected chi connectivity index (χ2v) is 9.31. The Hall–Kier alpha value is -4.13. The normalized spacial score (nSPS) is 12.1. The Morgan fingerprint density at radius 2 is 1.78 bits per heavy atom. The fourth-order valence-corrected chi connectivity index (χ4v) is 3.79. The maximum absolute atomic E-state index is 13.3. The number of aromatic nitrogens is 3. The van der Waals surface area contributed by atoms with Crippen molar-refractivity contribution < 1.29 is 14.6 Å². The number of aliphatic carboxylic acids is 1. The number of rotatable bonds is 13. The molecule has 0 atom stereocenters. The molecule has 1 N–H and O–H groups in total. The Labute approximate surface area is 218 Å². The molecular formula is C30H35N3O4. The lowest BCUT2D eigenvalue weighted by atomic mass is 10.1. The van der Waals surface area contributed by atoms with Crippen molar-refractivity contribution in [3.05, 3.63) is 118 Å². The summed E-state index contributed by atoms with van der Waals surface area (Å²) >= 11 is 0. The summed E-state index contributed by atoms with van der Waals surface area (Å²) in [5.74, 6) is 0.223. The molecule has 0 amide bonds. The van der Waals surface area contributed by atoms with Crippen LogP contribution in [0, 0.1) is 0 Å². The molecule has 0 bridgehead atoms. The molecule has 0 aliphatic rings. The van der Waals surface area contributed by atoms with E-state index in [1.807, 2.05) is 67.6 Å². The van der Waals surface area contributed by atoms with Gasteiger partial charge in [0, 0.05) is 6.42 Å². The summed E-state index contributed by atoms with van der Waals surface area (Å²) in [6, 6.07) is 17.3. The molecule has 0 fully saturated rings.